The maximum Gasteiger partial charge on any atom is 0.136 e. The van der Waals surface area contributed by atoms with E-state index in [4.69, 9.17) is 0 Å². The van der Waals surface area contributed by atoms with Crippen LogP contribution in [0.1, 0.15) is 112 Å². The molecule has 4 rings (SSSR count). The average Bonchev–Trinajstić information content (AvgIpc) is 3.04. The summed E-state index contributed by atoms with van der Waals surface area (Å²) in [4.78, 5) is 12.8. The Morgan fingerprint density at radius 2 is 1.55 bits per heavy atom. The van der Waals surface area contributed by atoms with Crippen LogP contribution in [0.3, 0.4) is 0 Å². The molecule has 0 spiro atoms. The van der Waals surface area contributed by atoms with Gasteiger partial charge in [0.25, 0.3) is 0 Å². The van der Waals surface area contributed by atoms with E-state index in [9.17, 15) is 4.79 Å². The third-order valence-electron chi connectivity index (χ3n) is 11.4. The number of hydrogen-bond acceptors (Lipinski definition) is 1. The Balaban J connectivity index is 1.48. The van der Waals surface area contributed by atoms with E-state index in [1.54, 1.807) is 0 Å². The summed E-state index contributed by atoms with van der Waals surface area (Å²) in [5.74, 6) is 6.49. The first kappa shape index (κ1) is 21.9. The molecule has 4 aliphatic rings. The van der Waals surface area contributed by atoms with Crippen LogP contribution in [0, 0.1) is 58.2 Å². The van der Waals surface area contributed by atoms with E-state index in [1.807, 2.05) is 0 Å². The summed E-state index contributed by atoms with van der Waals surface area (Å²) in [6, 6.07) is 0. The molecule has 0 aromatic carbocycles. The van der Waals surface area contributed by atoms with Gasteiger partial charge in [-0.1, -0.05) is 54.4 Å². The Labute approximate surface area is 181 Å². The number of carbonyl (C=O) groups excluding carboxylic acids is 1. The molecular weight excluding hydrogens is 352 g/mol. The highest BCUT2D eigenvalue weighted by molar-refractivity contribution is 5.81. The third-order valence-corrected chi connectivity index (χ3v) is 11.4. The van der Waals surface area contributed by atoms with Crippen LogP contribution < -0.4 is 0 Å². The predicted octanol–water partition coefficient (Wildman–Crippen LogP) is 7.92. The number of hydrogen-bond donors (Lipinski definition) is 0. The molecule has 4 saturated carbocycles. The van der Waals surface area contributed by atoms with Gasteiger partial charge in [-0.2, -0.15) is 0 Å². The van der Waals surface area contributed by atoms with Crippen LogP contribution in [0.25, 0.3) is 0 Å². The highest BCUT2D eigenvalue weighted by Gasteiger charge is 2.60. The summed E-state index contributed by atoms with van der Waals surface area (Å²) >= 11 is 0. The fourth-order valence-corrected chi connectivity index (χ4v) is 9.29. The summed E-state index contributed by atoms with van der Waals surface area (Å²) in [6.45, 7) is 14.3. The van der Waals surface area contributed by atoms with Crippen molar-refractivity contribution in [2.75, 3.05) is 0 Å². The highest BCUT2D eigenvalue weighted by Crippen LogP contribution is 2.68. The van der Waals surface area contributed by atoms with Gasteiger partial charge in [0.05, 0.1) is 0 Å². The second-order valence-corrected chi connectivity index (χ2v) is 12.8. The average molecular weight is 401 g/mol. The summed E-state index contributed by atoms with van der Waals surface area (Å²) in [5, 5.41) is 0. The number of Topliss-reactive ketones (excluding diaryl/α,β-unsaturated/α-hetero) is 1. The zero-order chi connectivity index (χ0) is 21.0. The predicted molar refractivity (Wildman–Crippen MR) is 123 cm³/mol. The molecule has 1 nitrogen and oxygen atoms in total. The van der Waals surface area contributed by atoms with Crippen molar-refractivity contribution in [2.45, 2.75) is 112 Å². The lowest BCUT2D eigenvalue weighted by atomic mass is 9.44. The zero-order valence-corrected chi connectivity index (χ0v) is 20.3. The Morgan fingerprint density at radius 3 is 2.28 bits per heavy atom. The number of carbonyl (C=O) groups is 1. The Hall–Kier alpha value is -0.330. The van der Waals surface area contributed by atoms with Crippen LogP contribution in [0.15, 0.2) is 0 Å². The van der Waals surface area contributed by atoms with E-state index in [0.717, 1.165) is 36.0 Å². The lowest BCUT2D eigenvalue weighted by Crippen LogP contribution is -2.53. The second-order valence-electron chi connectivity index (χ2n) is 12.8. The van der Waals surface area contributed by atoms with Crippen LogP contribution in [0.4, 0.5) is 0 Å². The van der Waals surface area contributed by atoms with E-state index in [2.05, 4.69) is 41.5 Å². The van der Waals surface area contributed by atoms with E-state index in [1.165, 1.54) is 64.2 Å². The molecule has 0 heterocycles. The van der Waals surface area contributed by atoms with Crippen LogP contribution in [0.5, 0.6) is 0 Å². The molecule has 0 aromatic rings. The van der Waals surface area contributed by atoms with Crippen molar-refractivity contribution < 1.29 is 4.79 Å². The van der Waals surface area contributed by atoms with Gasteiger partial charge < -0.3 is 0 Å². The van der Waals surface area contributed by atoms with Crippen molar-refractivity contribution >= 4 is 5.78 Å². The topological polar surface area (TPSA) is 17.1 Å². The number of fused-ring (bicyclic) bond motifs is 5. The van der Waals surface area contributed by atoms with Crippen LogP contribution in [-0.2, 0) is 4.79 Å². The molecule has 0 radical (unpaired) electrons. The van der Waals surface area contributed by atoms with Crippen molar-refractivity contribution in [2.24, 2.45) is 58.2 Å². The summed E-state index contributed by atoms with van der Waals surface area (Å²) in [7, 11) is 0. The van der Waals surface area contributed by atoms with Gasteiger partial charge >= 0.3 is 0 Å². The smallest absolute Gasteiger partial charge is 0.136 e. The minimum atomic E-state index is 0.222. The number of rotatable bonds is 5. The Kier molecular flexibility index (Phi) is 6.02. The lowest BCUT2D eigenvalue weighted by Gasteiger charge is -2.61. The van der Waals surface area contributed by atoms with Gasteiger partial charge in [-0.3, -0.25) is 4.79 Å². The summed E-state index contributed by atoms with van der Waals surface area (Å²) in [5.41, 5.74) is 1.15. The van der Waals surface area contributed by atoms with E-state index in [-0.39, 0.29) is 5.92 Å². The molecule has 4 fully saturated rings. The fourth-order valence-electron chi connectivity index (χ4n) is 9.29. The van der Waals surface area contributed by atoms with E-state index in [0.29, 0.717) is 28.4 Å². The van der Waals surface area contributed by atoms with E-state index >= 15 is 0 Å². The molecule has 1 heteroatoms. The molecule has 4 aliphatic carbocycles. The van der Waals surface area contributed by atoms with Gasteiger partial charge in [-0.05, 0) is 104 Å². The molecule has 0 amide bonds. The minimum Gasteiger partial charge on any atom is -0.299 e. The molecule has 0 aliphatic heterocycles. The largest absolute Gasteiger partial charge is 0.299 e. The minimum absolute atomic E-state index is 0.222. The van der Waals surface area contributed by atoms with Crippen LogP contribution in [-0.4, -0.2) is 5.78 Å². The fraction of sp³-hybridized carbons (Fsp3) is 0.964. The normalized spacial score (nSPS) is 46.5. The van der Waals surface area contributed by atoms with Crippen molar-refractivity contribution in [1.29, 1.82) is 0 Å². The second kappa shape index (κ2) is 7.98. The molecule has 0 saturated heterocycles. The molecular formula is C28H48O. The van der Waals surface area contributed by atoms with Gasteiger partial charge in [0, 0.05) is 12.3 Å². The first-order chi connectivity index (χ1) is 13.7. The first-order valence-corrected chi connectivity index (χ1v) is 13.2. The SMILES string of the molecule is CC(C)[C@H](C)C(=O)C[C@@H](C)[C@H]1CC[C@H]2[C@@H]3CC[C@H]4CCCC[C@]4(C)[C@H]3CC[C@]12C. The molecule has 29 heavy (non-hydrogen) atoms. The van der Waals surface area contributed by atoms with E-state index < -0.39 is 0 Å². The van der Waals surface area contributed by atoms with Gasteiger partial charge in [-0.25, -0.2) is 0 Å². The van der Waals surface area contributed by atoms with Crippen molar-refractivity contribution in [3.8, 4) is 0 Å². The quantitative estimate of drug-likeness (QED) is 0.458. The zero-order valence-electron chi connectivity index (χ0n) is 20.3. The molecule has 0 aromatic heterocycles. The van der Waals surface area contributed by atoms with Crippen molar-refractivity contribution in [1.82, 2.24) is 0 Å². The first-order valence-electron chi connectivity index (χ1n) is 13.2. The van der Waals surface area contributed by atoms with Gasteiger partial charge in [0.1, 0.15) is 5.78 Å². The molecule has 0 bridgehead atoms. The van der Waals surface area contributed by atoms with Crippen LogP contribution >= 0.6 is 0 Å². The molecule has 9 atom stereocenters. The Bertz CT molecular complexity index is 607. The summed E-state index contributed by atoms with van der Waals surface area (Å²) < 4.78 is 0. The van der Waals surface area contributed by atoms with Gasteiger partial charge in [0.2, 0.25) is 0 Å². The maximum atomic E-state index is 12.8. The molecule has 0 unspecified atom stereocenters. The monoisotopic (exact) mass is 400 g/mol. The van der Waals surface area contributed by atoms with Crippen molar-refractivity contribution in [3.05, 3.63) is 0 Å². The Morgan fingerprint density at radius 1 is 0.828 bits per heavy atom. The van der Waals surface area contributed by atoms with Crippen LogP contribution in [0.2, 0.25) is 0 Å². The maximum absolute atomic E-state index is 12.8. The molecule has 0 N–H and O–H groups in total. The molecule has 166 valence electrons. The number of ketones is 1. The highest BCUT2D eigenvalue weighted by atomic mass is 16.1. The van der Waals surface area contributed by atoms with Crippen molar-refractivity contribution in [3.63, 3.8) is 0 Å². The van der Waals surface area contributed by atoms with Gasteiger partial charge in [0.15, 0.2) is 0 Å². The standard InChI is InChI=1S/C28H48O/c1-18(2)20(4)26(29)17-19(3)23-12-13-24-22-11-10-21-9-7-8-15-27(21,5)25(22)14-16-28(23,24)6/h18-25H,7-17H2,1-6H3/t19-,20+,21-,22+,23-,24+,25+,27+,28-/m1/s1. The van der Waals surface area contributed by atoms with Gasteiger partial charge in [-0.15, -0.1) is 0 Å². The lowest BCUT2D eigenvalue weighted by molar-refractivity contribution is -0.127. The third kappa shape index (κ3) is 3.55. The summed E-state index contributed by atoms with van der Waals surface area (Å²) in [6.07, 6.45) is 15.6.